The highest BCUT2D eigenvalue weighted by Gasteiger charge is 2.26. The van der Waals surface area contributed by atoms with Crippen molar-refractivity contribution in [2.75, 3.05) is 0 Å². The second-order valence-electron chi connectivity index (χ2n) is 5.05. The van der Waals surface area contributed by atoms with E-state index in [2.05, 4.69) is 5.32 Å². The molecule has 0 aliphatic rings. The lowest BCUT2D eigenvalue weighted by atomic mass is 10.1. The van der Waals surface area contributed by atoms with Crippen molar-refractivity contribution in [2.45, 2.75) is 23.6 Å². The maximum Gasteiger partial charge on any atom is 0.341 e. The Bertz CT molecular complexity index is 839. The minimum Gasteiger partial charge on any atom is -0.345 e. The van der Waals surface area contributed by atoms with E-state index in [0.717, 1.165) is 17.7 Å². The van der Waals surface area contributed by atoms with E-state index in [4.69, 9.17) is 11.6 Å². The average Bonchev–Trinajstić information content (AvgIpc) is 2.55. The van der Waals surface area contributed by atoms with E-state index in [1.54, 1.807) is 31.2 Å². The number of sulfone groups is 1. The smallest absolute Gasteiger partial charge is 0.341 e. The van der Waals surface area contributed by atoms with Crippen molar-refractivity contribution in [3.05, 3.63) is 64.7 Å². The Morgan fingerprint density at radius 2 is 1.67 bits per heavy atom. The summed E-state index contributed by atoms with van der Waals surface area (Å²) in [6.07, 6.45) is 0. The van der Waals surface area contributed by atoms with E-state index in [1.165, 1.54) is 12.1 Å². The van der Waals surface area contributed by atoms with E-state index in [9.17, 15) is 22.0 Å². The Morgan fingerprint density at radius 3 is 2.21 bits per heavy atom. The summed E-state index contributed by atoms with van der Waals surface area (Å²) in [4.78, 5) is 11.6. The largest absolute Gasteiger partial charge is 0.345 e. The summed E-state index contributed by atoms with van der Waals surface area (Å²) in [6.45, 7) is 1.74. The fourth-order valence-electron chi connectivity index (χ4n) is 2.08. The molecule has 0 aromatic heterocycles. The average molecular weight is 374 g/mol. The number of alkyl halides is 2. The number of rotatable bonds is 5. The minimum absolute atomic E-state index is 0.155. The number of amides is 1. The van der Waals surface area contributed by atoms with Crippen LogP contribution in [0.3, 0.4) is 0 Å². The monoisotopic (exact) mass is 373 g/mol. The molecule has 0 aliphatic heterocycles. The normalized spacial score (nSPS) is 12.9. The molecule has 1 unspecified atom stereocenters. The number of halogens is 3. The van der Waals surface area contributed by atoms with Crippen LogP contribution in [0.1, 0.15) is 28.9 Å². The van der Waals surface area contributed by atoms with Crippen molar-refractivity contribution in [2.24, 2.45) is 0 Å². The van der Waals surface area contributed by atoms with Gasteiger partial charge in [-0.25, -0.2) is 8.42 Å². The number of carbonyl (C=O) groups is 1. The van der Waals surface area contributed by atoms with Gasteiger partial charge in [0.15, 0.2) is 0 Å². The van der Waals surface area contributed by atoms with Gasteiger partial charge >= 0.3 is 5.76 Å². The van der Waals surface area contributed by atoms with Crippen molar-refractivity contribution in [3.63, 3.8) is 0 Å². The molecule has 4 nitrogen and oxygen atoms in total. The van der Waals surface area contributed by atoms with Gasteiger partial charge in [0.05, 0.1) is 10.9 Å². The van der Waals surface area contributed by atoms with Crippen molar-refractivity contribution in [3.8, 4) is 0 Å². The standard InChI is InChI=1S/C16H14ClF2NO3S/c1-10(13-4-2-3-5-14(13)17)20-15(21)11-6-8-12(9-7-11)24(22,23)16(18)19/h2-10,16H,1H3,(H,20,21). The van der Waals surface area contributed by atoms with Crippen LogP contribution in [0.4, 0.5) is 8.78 Å². The first-order valence-corrected chi connectivity index (χ1v) is 8.83. The number of carbonyl (C=O) groups excluding carboxylic acids is 1. The third-order valence-corrected chi connectivity index (χ3v) is 5.14. The van der Waals surface area contributed by atoms with Crippen molar-refractivity contribution in [1.82, 2.24) is 5.32 Å². The Labute approximate surface area is 143 Å². The molecule has 128 valence electrons. The summed E-state index contributed by atoms with van der Waals surface area (Å²) in [5.41, 5.74) is 0.881. The topological polar surface area (TPSA) is 63.2 Å². The lowest BCUT2D eigenvalue weighted by molar-refractivity contribution is 0.0940. The van der Waals surface area contributed by atoms with E-state index < -0.39 is 26.4 Å². The van der Waals surface area contributed by atoms with Crippen LogP contribution in [0.25, 0.3) is 0 Å². The molecule has 0 saturated heterocycles. The van der Waals surface area contributed by atoms with Gasteiger partial charge in [0, 0.05) is 10.6 Å². The molecule has 2 rings (SSSR count). The van der Waals surface area contributed by atoms with Gasteiger partial charge in [-0.3, -0.25) is 4.79 Å². The lowest BCUT2D eigenvalue weighted by Crippen LogP contribution is -2.26. The molecule has 0 aliphatic carbocycles. The number of nitrogens with one attached hydrogen (secondary N) is 1. The van der Waals surface area contributed by atoms with E-state index in [-0.39, 0.29) is 11.6 Å². The summed E-state index contributed by atoms with van der Waals surface area (Å²) >= 11 is 6.06. The van der Waals surface area contributed by atoms with Crippen molar-refractivity contribution >= 4 is 27.3 Å². The van der Waals surface area contributed by atoms with Crippen molar-refractivity contribution < 1.29 is 22.0 Å². The molecule has 2 aromatic carbocycles. The highest BCUT2D eigenvalue weighted by atomic mass is 35.5. The first-order chi connectivity index (χ1) is 11.2. The van der Waals surface area contributed by atoms with Gasteiger partial charge in [-0.05, 0) is 42.8 Å². The summed E-state index contributed by atoms with van der Waals surface area (Å²) in [6, 6.07) is 11.0. The molecule has 0 saturated carbocycles. The third-order valence-electron chi connectivity index (χ3n) is 3.40. The summed E-state index contributed by atoms with van der Waals surface area (Å²) in [5, 5.41) is 3.22. The highest BCUT2D eigenvalue weighted by molar-refractivity contribution is 7.91. The second kappa shape index (κ2) is 7.27. The predicted molar refractivity (Wildman–Crippen MR) is 87.0 cm³/mol. The van der Waals surface area contributed by atoms with Crippen LogP contribution in [0.15, 0.2) is 53.4 Å². The van der Waals surface area contributed by atoms with Crippen LogP contribution < -0.4 is 5.32 Å². The van der Waals surface area contributed by atoms with Crippen LogP contribution in [-0.2, 0) is 9.84 Å². The maximum atomic E-state index is 12.5. The SMILES string of the molecule is CC(NC(=O)c1ccc(S(=O)(=O)C(F)F)cc1)c1ccccc1Cl. The Kier molecular flexibility index (Phi) is 5.56. The van der Waals surface area contributed by atoms with Crippen LogP contribution in [0, 0.1) is 0 Å². The fourth-order valence-corrected chi connectivity index (χ4v) is 3.10. The Balaban J connectivity index is 2.15. The molecule has 1 N–H and O–H groups in total. The molecular weight excluding hydrogens is 360 g/mol. The summed E-state index contributed by atoms with van der Waals surface area (Å²) in [7, 11) is -4.67. The van der Waals surface area contributed by atoms with Crippen LogP contribution in [0.2, 0.25) is 5.02 Å². The first-order valence-electron chi connectivity index (χ1n) is 6.91. The molecule has 1 amide bonds. The third kappa shape index (κ3) is 3.91. The van der Waals surface area contributed by atoms with Crippen LogP contribution in [0.5, 0.6) is 0 Å². The molecule has 1 atom stereocenters. The van der Waals surface area contributed by atoms with Gasteiger partial charge in [0.25, 0.3) is 5.91 Å². The second-order valence-corrected chi connectivity index (χ2v) is 7.37. The quantitative estimate of drug-likeness (QED) is 0.866. The van der Waals surface area contributed by atoms with Crippen LogP contribution in [-0.4, -0.2) is 20.1 Å². The Morgan fingerprint density at radius 1 is 1.08 bits per heavy atom. The molecule has 0 heterocycles. The van der Waals surface area contributed by atoms with Crippen molar-refractivity contribution in [1.29, 1.82) is 0 Å². The number of hydrogen-bond acceptors (Lipinski definition) is 3. The molecule has 8 heteroatoms. The molecule has 0 bridgehead atoms. The van der Waals surface area contributed by atoms with Crippen LogP contribution >= 0.6 is 11.6 Å². The summed E-state index contributed by atoms with van der Waals surface area (Å²) in [5.74, 6) is -3.97. The van der Waals surface area contributed by atoms with Gasteiger partial charge < -0.3 is 5.32 Å². The van der Waals surface area contributed by atoms with Gasteiger partial charge in [0.1, 0.15) is 0 Å². The van der Waals surface area contributed by atoms with E-state index in [1.807, 2.05) is 0 Å². The molecule has 0 fully saturated rings. The maximum absolute atomic E-state index is 12.5. The summed E-state index contributed by atoms with van der Waals surface area (Å²) < 4.78 is 47.6. The van der Waals surface area contributed by atoms with E-state index in [0.29, 0.717) is 5.02 Å². The lowest BCUT2D eigenvalue weighted by Gasteiger charge is -2.16. The molecule has 0 spiro atoms. The minimum atomic E-state index is -4.67. The molecule has 24 heavy (non-hydrogen) atoms. The van der Waals surface area contributed by atoms with Gasteiger partial charge in [-0.15, -0.1) is 0 Å². The zero-order chi connectivity index (χ0) is 17.9. The van der Waals surface area contributed by atoms with Gasteiger partial charge in [-0.1, -0.05) is 29.8 Å². The zero-order valence-electron chi connectivity index (χ0n) is 12.5. The zero-order valence-corrected chi connectivity index (χ0v) is 14.1. The van der Waals surface area contributed by atoms with Gasteiger partial charge in [0.2, 0.25) is 9.84 Å². The number of benzene rings is 2. The number of hydrogen-bond donors (Lipinski definition) is 1. The molecular formula is C16H14ClF2NO3S. The predicted octanol–water partition coefficient (Wildman–Crippen LogP) is 3.83. The Hall–Kier alpha value is -1.99. The molecule has 0 radical (unpaired) electrons. The highest BCUT2D eigenvalue weighted by Crippen LogP contribution is 2.23. The fraction of sp³-hybridized carbons (Fsp3) is 0.188. The van der Waals surface area contributed by atoms with E-state index >= 15 is 0 Å². The van der Waals surface area contributed by atoms with Gasteiger partial charge in [-0.2, -0.15) is 8.78 Å². The first kappa shape index (κ1) is 18.4. The molecule has 2 aromatic rings.